The lowest BCUT2D eigenvalue weighted by molar-refractivity contribution is -0.117. The Balaban J connectivity index is 1.56. The van der Waals surface area contributed by atoms with Crippen molar-refractivity contribution in [3.63, 3.8) is 0 Å². The first-order valence-corrected chi connectivity index (χ1v) is 11.3. The molecule has 10 heteroatoms. The molecule has 0 atom stereocenters. The van der Waals surface area contributed by atoms with Crippen molar-refractivity contribution < 1.29 is 18.3 Å². The molecule has 4 rings (SSSR count). The molecule has 0 aliphatic carbocycles. The van der Waals surface area contributed by atoms with E-state index < -0.39 is 15.9 Å². The van der Waals surface area contributed by atoms with Crippen molar-refractivity contribution >= 4 is 49.8 Å². The molecule has 0 saturated carbocycles. The maximum Gasteiger partial charge on any atom is 0.269 e. The van der Waals surface area contributed by atoms with E-state index in [1.807, 2.05) is 0 Å². The molecule has 0 unspecified atom stereocenters. The zero-order valence-electron chi connectivity index (χ0n) is 16.5. The normalized spacial score (nSPS) is 11.8. The van der Waals surface area contributed by atoms with E-state index in [4.69, 9.17) is 11.6 Å². The van der Waals surface area contributed by atoms with Crippen LogP contribution in [0.1, 0.15) is 5.56 Å². The highest BCUT2D eigenvalue weighted by Gasteiger charge is 2.20. The first-order valence-electron chi connectivity index (χ1n) is 9.44. The fourth-order valence-corrected chi connectivity index (χ4v) is 4.58. The number of aromatic nitrogens is 1. The van der Waals surface area contributed by atoms with Crippen LogP contribution in [0.5, 0.6) is 5.88 Å². The summed E-state index contributed by atoms with van der Waals surface area (Å²) in [4.78, 5) is 15.2. The van der Waals surface area contributed by atoms with Crippen molar-refractivity contribution in [2.45, 2.75) is 11.3 Å². The van der Waals surface area contributed by atoms with Crippen LogP contribution in [0.15, 0.2) is 87.9 Å². The third-order valence-electron chi connectivity index (χ3n) is 4.62. The molecule has 162 valence electrons. The third-order valence-corrected chi connectivity index (χ3v) is 6.36. The predicted molar refractivity (Wildman–Crippen MR) is 122 cm³/mol. The molecule has 0 bridgehead atoms. The summed E-state index contributed by atoms with van der Waals surface area (Å²) in [6, 6.07) is 19.4. The van der Waals surface area contributed by atoms with E-state index in [0.29, 0.717) is 21.6 Å². The molecule has 3 N–H and O–H groups in total. The highest BCUT2D eigenvalue weighted by Crippen LogP contribution is 2.35. The van der Waals surface area contributed by atoms with E-state index in [1.165, 1.54) is 24.3 Å². The molecule has 1 aromatic heterocycles. The number of carbonyl (C=O) groups excluding carboxylic acids is 1. The lowest BCUT2D eigenvalue weighted by atomic mass is 10.1. The van der Waals surface area contributed by atoms with E-state index in [9.17, 15) is 18.3 Å². The van der Waals surface area contributed by atoms with Crippen molar-refractivity contribution in [3.8, 4) is 5.88 Å². The van der Waals surface area contributed by atoms with E-state index >= 15 is 0 Å². The zero-order chi connectivity index (χ0) is 22.7. The molecule has 0 aliphatic heterocycles. The van der Waals surface area contributed by atoms with Crippen LogP contribution in [-0.4, -0.2) is 24.4 Å². The summed E-state index contributed by atoms with van der Waals surface area (Å²) in [5.41, 5.74) is 1.39. The number of amides is 1. The lowest BCUT2D eigenvalue weighted by Gasteiger charge is -2.11. The summed E-state index contributed by atoms with van der Waals surface area (Å²) in [6.45, 7) is 0. The molecule has 4 aromatic rings. The highest BCUT2D eigenvalue weighted by molar-refractivity contribution is 7.92. The number of fused-ring (bicyclic) bond motifs is 1. The van der Waals surface area contributed by atoms with Gasteiger partial charge in [-0.25, -0.2) is 8.42 Å². The average molecular weight is 469 g/mol. The van der Waals surface area contributed by atoms with Gasteiger partial charge in [-0.2, -0.15) is 0 Å². The van der Waals surface area contributed by atoms with Gasteiger partial charge in [0.05, 0.1) is 16.8 Å². The van der Waals surface area contributed by atoms with Gasteiger partial charge in [0.25, 0.3) is 15.9 Å². The number of nitrogens with one attached hydrogen (secondary N) is 2. The number of rotatable bonds is 6. The molecule has 8 nitrogen and oxygen atoms in total. The number of azo groups is 1. The van der Waals surface area contributed by atoms with Crippen LogP contribution in [0, 0.1) is 0 Å². The molecule has 32 heavy (non-hydrogen) atoms. The van der Waals surface area contributed by atoms with Gasteiger partial charge >= 0.3 is 0 Å². The number of carbonyl (C=O) groups is 1. The van der Waals surface area contributed by atoms with Crippen molar-refractivity contribution in [2.24, 2.45) is 10.2 Å². The average Bonchev–Trinajstić information content (AvgIpc) is 3.09. The summed E-state index contributed by atoms with van der Waals surface area (Å²) >= 11 is 5.84. The maximum absolute atomic E-state index is 12.9. The Bertz CT molecular complexity index is 1430. The number of hydrogen-bond acceptors (Lipinski definition) is 5. The second-order valence-corrected chi connectivity index (χ2v) is 8.95. The largest absolute Gasteiger partial charge is 0.493 e. The zero-order valence-corrected chi connectivity index (χ0v) is 18.1. The molecular weight excluding hydrogens is 452 g/mol. The molecule has 0 saturated heterocycles. The van der Waals surface area contributed by atoms with Gasteiger partial charge in [0.2, 0.25) is 5.88 Å². The van der Waals surface area contributed by atoms with Crippen molar-refractivity contribution in [3.05, 3.63) is 83.4 Å². The first kappa shape index (κ1) is 21.5. The summed E-state index contributed by atoms with van der Waals surface area (Å²) in [5, 5.41) is 18.7. The van der Waals surface area contributed by atoms with Gasteiger partial charge in [-0.15, -0.1) is 10.2 Å². The molecule has 0 spiro atoms. The minimum absolute atomic E-state index is 0.0477. The molecule has 0 radical (unpaired) electrons. The van der Waals surface area contributed by atoms with Gasteiger partial charge in [-0.1, -0.05) is 48.0 Å². The predicted octanol–water partition coefficient (Wildman–Crippen LogP) is 5.18. The Morgan fingerprint density at radius 3 is 2.47 bits per heavy atom. The third kappa shape index (κ3) is 4.63. The Kier molecular flexibility index (Phi) is 5.93. The van der Waals surface area contributed by atoms with Crippen LogP contribution < -0.4 is 4.72 Å². The fourth-order valence-electron chi connectivity index (χ4n) is 3.16. The summed E-state index contributed by atoms with van der Waals surface area (Å²) < 4.78 is 28.2. The van der Waals surface area contributed by atoms with Gasteiger partial charge in [0, 0.05) is 16.1 Å². The number of aromatic hydroxyl groups is 1. The maximum atomic E-state index is 12.9. The molecule has 0 aliphatic rings. The van der Waals surface area contributed by atoms with Crippen molar-refractivity contribution in [1.29, 1.82) is 0 Å². The Morgan fingerprint density at radius 2 is 1.69 bits per heavy atom. The van der Waals surface area contributed by atoms with Crippen LogP contribution >= 0.6 is 11.6 Å². The van der Waals surface area contributed by atoms with Crippen molar-refractivity contribution in [1.82, 2.24) is 4.98 Å². The topological polar surface area (TPSA) is 124 Å². The van der Waals surface area contributed by atoms with Crippen LogP contribution in [0.4, 0.5) is 11.4 Å². The Morgan fingerprint density at radius 1 is 1.00 bits per heavy atom. The SMILES string of the molecule is O=C(Cc1ccccc1S(=O)(=O)Nc1ccc(Cl)cc1)N=Nc1c(O)[nH]c2ccccc12. The number of anilines is 1. The number of nitrogens with zero attached hydrogens (tertiary/aromatic N) is 2. The highest BCUT2D eigenvalue weighted by atomic mass is 35.5. The summed E-state index contributed by atoms with van der Waals surface area (Å²) in [6.07, 6.45) is -0.287. The quantitative estimate of drug-likeness (QED) is 0.337. The molecule has 3 aromatic carbocycles. The number of aromatic amines is 1. The van der Waals surface area contributed by atoms with Gasteiger partial charge < -0.3 is 10.1 Å². The minimum atomic E-state index is -3.96. The standard InChI is InChI=1S/C22H17ClN4O4S/c23-15-9-11-16(12-10-15)27-32(30,31)19-8-4-1-5-14(19)13-20(28)25-26-21-17-6-2-3-7-18(17)24-22(21)29/h1-12,24,27,29H,13H2. The lowest BCUT2D eigenvalue weighted by Crippen LogP contribution is -2.16. The number of sulfonamides is 1. The van der Waals surface area contributed by atoms with Crippen LogP contribution in [0.3, 0.4) is 0 Å². The molecule has 0 fully saturated rings. The molecule has 1 heterocycles. The number of benzene rings is 3. The van der Waals surface area contributed by atoms with Gasteiger partial charge in [0.1, 0.15) is 0 Å². The number of para-hydroxylation sites is 1. The van der Waals surface area contributed by atoms with Gasteiger partial charge in [-0.3, -0.25) is 9.52 Å². The summed E-state index contributed by atoms with van der Waals surface area (Å²) in [7, 11) is -3.96. The first-order chi connectivity index (χ1) is 15.3. The molecular formula is C22H17ClN4O4S. The number of halogens is 1. The number of H-pyrrole nitrogens is 1. The Labute approximate surface area is 188 Å². The van der Waals surface area contributed by atoms with E-state index in [1.54, 1.807) is 48.5 Å². The molecule has 1 amide bonds. The smallest absolute Gasteiger partial charge is 0.269 e. The van der Waals surface area contributed by atoms with E-state index in [2.05, 4.69) is 19.9 Å². The van der Waals surface area contributed by atoms with Gasteiger partial charge in [-0.05, 0) is 42.0 Å². The van der Waals surface area contributed by atoms with Crippen LogP contribution in [-0.2, 0) is 21.2 Å². The van der Waals surface area contributed by atoms with Crippen LogP contribution in [0.2, 0.25) is 5.02 Å². The summed E-state index contributed by atoms with van der Waals surface area (Å²) in [5.74, 6) is -0.873. The van der Waals surface area contributed by atoms with E-state index in [-0.39, 0.29) is 28.4 Å². The van der Waals surface area contributed by atoms with E-state index in [0.717, 1.165) is 0 Å². The minimum Gasteiger partial charge on any atom is -0.493 e. The van der Waals surface area contributed by atoms with Gasteiger partial charge in [0.15, 0.2) is 5.69 Å². The fraction of sp³-hybridized carbons (Fsp3) is 0.0455. The Hall–Kier alpha value is -3.69. The number of hydrogen-bond donors (Lipinski definition) is 3. The second-order valence-electron chi connectivity index (χ2n) is 6.86. The second kappa shape index (κ2) is 8.81. The van der Waals surface area contributed by atoms with Crippen LogP contribution in [0.25, 0.3) is 10.9 Å². The van der Waals surface area contributed by atoms with Crippen molar-refractivity contribution in [2.75, 3.05) is 4.72 Å². The monoisotopic (exact) mass is 468 g/mol.